The van der Waals surface area contributed by atoms with Gasteiger partial charge in [-0.25, -0.2) is 17.6 Å². The maximum absolute atomic E-state index is 13.3. The second-order valence-electron chi connectivity index (χ2n) is 7.11. The molecule has 4 rings (SSSR count). The average Bonchev–Trinajstić information content (AvgIpc) is 3.23. The molecule has 0 aliphatic carbocycles. The largest absolute Gasteiger partial charge is 0.454 e. The number of ether oxygens (including phenoxy) is 1. The Morgan fingerprint density at radius 3 is 2.44 bits per heavy atom. The fourth-order valence-electron chi connectivity index (χ4n) is 3.44. The number of esters is 1. The number of carbonyl (C=O) groups excluding carboxylic acids is 2. The van der Waals surface area contributed by atoms with E-state index in [2.05, 4.69) is 0 Å². The molecule has 0 saturated heterocycles. The van der Waals surface area contributed by atoms with Crippen LogP contribution in [0.4, 0.5) is 10.1 Å². The van der Waals surface area contributed by atoms with E-state index < -0.39 is 34.2 Å². The van der Waals surface area contributed by atoms with Crippen LogP contribution in [0.2, 0.25) is 5.02 Å². The highest BCUT2D eigenvalue weighted by atomic mass is 35.5. The predicted octanol–water partition coefficient (Wildman–Crippen LogP) is 4.27. The van der Waals surface area contributed by atoms with E-state index >= 15 is 0 Å². The Morgan fingerprint density at radius 2 is 1.69 bits per heavy atom. The van der Waals surface area contributed by atoms with Crippen LogP contribution in [-0.2, 0) is 21.2 Å². The van der Waals surface area contributed by atoms with Gasteiger partial charge >= 0.3 is 5.97 Å². The summed E-state index contributed by atoms with van der Waals surface area (Å²) in [5, 5.41) is -0.0340. The molecule has 32 heavy (non-hydrogen) atoms. The van der Waals surface area contributed by atoms with E-state index in [1.54, 1.807) is 12.1 Å². The Labute approximate surface area is 189 Å². The molecule has 1 heterocycles. The number of anilines is 1. The molecule has 1 aliphatic heterocycles. The lowest BCUT2D eigenvalue weighted by Crippen LogP contribution is -2.29. The fraction of sp³-hybridized carbons (Fsp3) is 0.130. The van der Waals surface area contributed by atoms with Crippen molar-refractivity contribution in [3.8, 4) is 0 Å². The predicted molar refractivity (Wildman–Crippen MR) is 117 cm³/mol. The van der Waals surface area contributed by atoms with Gasteiger partial charge in [-0.05, 0) is 60.5 Å². The van der Waals surface area contributed by atoms with E-state index in [0.717, 1.165) is 23.8 Å². The van der Waals surface area contributed by atoms with Gasteiger partial charge in [0.15, 0.2) is 12.4 Å². The fourth-order valence-corrected chi connectivity index (χ4v) is 5.44. The highest BCUT2D eigenvalue weighted by molar-refractivity contribution is 7.93. The zero-order chi connectivity index (χ0) is 22.9. The summed E-state index contributed by atoms with van der Waals surface area (Å²) < 4.78 is 45.8. The van der Waals surface area contributed by atoms with Crippen molar-refractivity contribution in [2.75, 3.05) is 17.5 Å². The molecule has 0 saturated carbocycles. The van der Waals surface area contributed by atoms with Crippen molar-refractivity contribution in [3.05, 3.63) is 94.3 Å². The summed E-state index contributed by atoms with van der Waals surface area (Å²) in [5.74, 6) is -1.89. The molecule has 3 aromatic carbocycles. The molecule has 0 radical (unpaired) electrons. The smallest absolute Gasteiger partial charge is 0.338 e. The number of nitrogens with zero attached hydrogens (tertiary/aromatic N) is 1. The molecule has 9 heteroatoms. The molecule has 0 spiro atoms. The number of fused-ring (bicyclic) bond motifs is 1. The molecule has 0 N–H and O–H groups in total. The van der Waals surface area contributed by atoms with Gasteiger partial charge in [0.2, 0.25) is 0 Å². The lowest BCUT2D eigenvalue weighted by Gasteiger charge is -2.20. The summed E-state index contributed by atoms with van der Waals surface area (Å²) >= 11 is 6.17. The first-order valence-electron chi connectivity index (χ1n) is 9.63. The van der Waals surface area contributed by atoms with Crippen LogP contribution in [0.15, 0.2) is 71.6 Å². The Morgan fingerprint density at radius 1 is 1.00 bits per heavy atom. The van der Waals surface area contributed by atoms with E-state index in [1.165, 1.54) is 28.6 Å². The highest BCUT2D eigenvalue weighted by Gasteiger charge is 2.32. The van der Waals surface area contributed by atoms with Gasteiger partial charge in [0.25, 0.3) is 10.0 Å². The van der Waals surface area contributed by atoms with Gasteiger partial charge < -0.3 is 4.74 Å². The van der Waals surface area contributed by atoms with Gasteiger partial charge in [-0.15, -0.1) is 0 Å². The van der Waals surface area contributed by atoms with E-state index in [9.17, 15) is 22.4 Å². The molecule has 1 aliphatic rings. The average molecular weight is 474 g/mol. The Kier molecular flexibility index (Phi) is 5.99. The molecule has 0 unspecified atom stereocenters. The maximum Gasteiger partial charge on any atom is 0.338 e. The second-order valence-corrected chi connectivity index (χ2v) is 9.35. The van der Waals surface area contributed by atoms with Crippen molar-refractivity contribution in [2.45, 2.75) is 11.3 Å². The van der Waals surface area contributed by atoms with Crippen molar-refractivity contribution in [3.63, 3.8) is 0 Å². The molecule has 0 fully saturated rings. The van der Waals surface area contributed by atoms with E-state index in [-0.39, 0.29) is 27.6 Å². The Hall–Kier alpha value is -3.23. The summed E-state index contributed by atoms with van der Waals surface area (Å²) in [6.45, 7) is -0.312. The number of hydrogen-bond acceptors (Lipinski definition) is 5. The molecule has 0 aromatic heterocycles. The van der Waals surface area contributed by atoms with Crippen molar-refractivity contribution >= 4 is 39.1 Å². The minimum atomic E-state index is -4.03. The monoisotopic (exact) mass is 473 g/mol. The first-order chi connectivity index (χ1) is 15.3. The zero-order valence-corrected chi connectivity index (χ0v) is 18.2. The summed E-state index contributed by atoms with van der Waals surface area (Å²) in [6, 6.07) is 15.8. The van der Waals surface area contributed by atoms with Crippen LogP contribution < -0.4 is 4.31 Å². The van der Waals surface area contributed by atoms with Crippen LogP contribution in [0.1, 0.15) is 26.3 Å². The third-order valence-corrected chi connectivity index (χ3v) is 7.37. The van der Waals surface area contributed by atoms with Gasteiger partial charge in [0.05, 0.1) is 16.3 Å². The van der Waals surface area contributed by atoms with Crippen molar-refractivity contribution in [2.24, 2.45) is 0 Å². The van der Waals surface area contributed by atoms with Gasteiger partial charge in [-0.1, -0.05) is 29.8 Å². The van der Waals surface area contributed by atoms with Crippen LogP contribution in [0, 0.1) is 5.82 Å². The Balaban J connectivity index is 1.54. The Bertz CT molecular complexity index is 1310. The van der Waals surface area contributed by atoms with Crippen LogP contribution >= 0.6 is 11.6 Å². The topological polar surface area (TPSA) is 80.8 Å². The highest BCUT2D eigenvalue weighted by Crippen LogP contribution is 2.35. The first-order valence-corrected chi connectivity index (χ1v) is 11.5. The van der Waals surface area contributed by atoms with Gasteiger partial charge in [-0.3, -0.25) is 9.10 Å². The molecule has 0 bridgehead atoms. The summed E-state index contributed by atoms with van der Waals surface area (Å²) in [5.41, 5.74) is 1.60. The SMILES string of the molecule is O=C(COC(=O)c1ccc(Cl)c(S(=O)(=O)N2CCc3ccccc32)c1)c1ccc(F)cc1. The van der Waals surface area contributed by atoms with Gasteiger partial charge in [0, 0.05) is 12.1 Å². The number of Topliss-reactive ketones (excluding diaryl/α,β-unsaturated/α-hetero) is 1. The second kappa shape index (κ2) is 8.72. The first kappa shape index (κ1) is 22.0. The number of ketones is 1. The maximum atomic E-state index is 13.3. The number of para-hydroxylation sites is 1. The van der Waals surface area contributed by atoms with Gasteiger partial charge in [-0.2, -0.15) is 0 Å². The van der Waals surface area contributed by atoms with Crippen molar-refractivity contribution in [1.82, 2.24) is 0 Å². The number of sulfonamides is 1. The van der Waals surface area contributed by atoms with Crippen molar-refractivity contribution < 1.29 is 27.1 Å². The molecule has 164 valence electrons. The lowest BCUT2D eigenvalue weighted by molar-refractivity contribution is 0.0474. The van der Waals surface area contributed by atoms with Crippen molar-refractivity contribution in [1.29, 1.82) is 0 Å². The standard InChI is InChI=1S/C23H17ClFNO5S/c24-19-10-7-17(23(28)31-14-21(27)16-5-8-18(25)9-6-16)13-22(19)32(29,30)26-12-11-15-3-1-2-4-20(15)26/h1-10,13H,11-12,14H2. The number of halogens is 2. The third kappa shape index (κ3) is 4.24. The summed E-state index contributed by atoms with van der Waals surface area (Å²) in [6.07, 6.45) is 0.570. The van der Waals surface area contributed by atoms with E-state index in [0.29, 0.717) is 12.1 Å². The number of rotatable bonds is 6. The van der Waals surface area contributed by atoms with Crippen LogP contribution in [-0.4, -0.2) is 33.3 Å². The minimum absolute atomic E-state index is 0.0340. The molecule has 6 nitrogen and oxygen atoms in total. The molecular weight excluding hydrogens is 457 g/mol. The van der Waals surface area contributed by atoms with E-state index in [4.69, 9.17) is 16.3 Å². The third-order valence-electron chi connectivity index (χ3n) is 5.08. The normalized spacial score (nSPS) is 13.0. The molecular formula is C23H17ClFNO5S. The summed E-state index contributed by atoms with van der Waals surface area (Å²) in [4.78, 5) is 24.4. The molecule has 0 atom stereocenters. The van der Waals surface area contributed by atoms with Crippen LogP contribution in [0.5, 0.6) is 0 Å². The number of benzene rings is 3. The van der Waals surface area contributed by atoms with Crippen LogP contribution in [0.3, 0.4) is 0 Å². The number of carbonyl (C=O) groups is 2. The van der Waals surface area contributed by atoms with E-state index in [1.807, 2.05) is 12.1 Å². The van der Waals surface area contributed by atoms with Gasteiger partial charge in [0.1, 0.15) is 10.7 Å². The lowest BCUT2D eigenvalue weighted by atomic mass is 10.1. The summed E-state index contributed by atoms with van der Waals surface area (Å²) in [7, 11) is -4.03. The zero-order valence-electron chi connectivity index (χ0n) is 16.6. The van der Waals surface area contributed by atoms with Crippen LogP contribution in [0.25, 0.3) is 0 Å². The molecule has 0 amide bonds. The molecule has 3 aromatic rings. The number of hydrogen-bond donors (Lipinski definition) is 0. The minimum Gasteiger partial charge on any atom is -0.454 e. The quantitative estimate of drug-likeness (QED) is 0.394.